The summed E-state index contributed by atoms with van der Waals surface area (Å²) in [6.45, 7) is 2.12. The number of halogens is 1. The number of aliphatic hydroxyl groups excluding tert-OH is 1. The minimum Gasteiger partial charge on any atom is -0.396 e. The number of aromatic nitrogens is 2. The SMILES string of the molecule is CCC[C@@H](CCO)Nc1nc(N)nc2cccc(F)c12. The third-order valence-electron chi connectivity index (χ3n) is 3.15. The number of hydrogen-bond acceptors (Lipinski definition) is 5. The summed E-state index contributed by atoms with van der Waals surface area (Å²) in [4.78, 5) is 8.13. The van der Waals surface area contributed by atoms with Crippen LogP contribution in [0.15, 0.2) is 18.2 Å². The lowest BCUT2D eigenvalue weighted by atomic mass is 10.1. The highest BCUT2D eigenvalue weighted by molar-refractivity contribution is 5.90. The summed E-state index contributed by atoms with van der Waals surface area (Å²) in [7, 11) is 0. The van der Waals surface area contributed by atoms with Crippen LogP contribution >= 0.6 is 0 Å². The van der Waals surface area contributed by atoms with Gasteiger partial charge in [-0.25, -0.2) is 9.37 Å². The molecule has 0 aliphatic heterocycles. The van der Waals surface area contributed by atoms with Crippen LogP contribution in [0.3, 0.4) is 0 Å². The number of rotatable bonds is 6. The molecule has 4 N–H and O–H groups in total. The molecule has 1 heterocycles. The van der Waals surface area contributed by atoms with Gasteiger partial charge in [-0.15, -0.1) is 0 Å². The summed E-state index contributed by atoms with van der Waals surface area (Å²) < 4.78 is 14.0. The van der Waals surface area contributed by atoms with E-state index in [0.717, 1.165) is 12.8 Å². The topological polar surface area (TPSA) is 84.1 Å². The molecule has 0 saturated carbocycles. The summed E-state index contributed by atoms with van der Waals surface area (Å²) in [6, 6.07) is 4.68. The molecule has 6 heteroatoms. The molecule has 1 atom stereocenters. The molecule has 0 saturated heterocycles. The number of nitrogens with one attached hydrogen (secondary N) is 1. The van der Waals surface area contributed by atoms with Crippen molar-refractivity contribution in [3.05, 3.63) is 24.0 Å². The molecule has 0 fully saturated rings. The number of nitrogens with zero attached hydrogens (tertiary/aromatic N) is 2. The van der Waals surface area contributed by atoms with Gasteiger partial charge in [-0.05, 0) is 25.0 Å². The zero-order valence-electron chi connectivity index (χ0n) is 11.4. The van der Waals surface area contributed by atoms with E-state index in [-0.39, 0.29) is 24.4 Å². The van der Waals surface area contributed by atoms with Gasteiger partial charge in [0.2, 0.25) is 5.95 Å². The Balaban J connectivity index is 2.41. The number of anilines is 2. The Hall–Kier alpha value is -1.95. The summed E-state index contributed by atoms with van der Waals surface area (Å²) >= 11 is 0. The third-order valence-corrected chi connectivity index (χ3v) is 3.15. The Morgan fingerprint density at radius 2 is 2.15 bits per heavy atom. The van der Waals surface area contributed by atoms with Crippen molar-refractivity contribution >= 4 is 22.7 Å². The first-order chi connectivity index (χ1) is 9.65. The molecular weight excluding hydrogens is 259 g/mol. The first-order valence-corrected chi connectivity index (χ1v) is 6.74. The maximum atomic E-state index is 14.0. The van der Waals surface area contributed by atoms with Gasteiger partial charge >= 0.3 is 0 Å². The zero-order chi connectivity index (χ0) is 14.5. The number of hydrogen-bond donors (Lipinski definition) is 3. The molecule has 0 aliphatic rings. The molecule has 0 bridgehead atoms. The quantitative estimate of drug-likeness (QED) is 0.755. The van der Waals surface area contributed by atoms with Gasteiger partial charge < -0.3 is 16.2 Å². The molecule has 108 valence electrons. The molecule has 20 heavy (non-hydrogen) atoms. The smallest absolute Gasteiger partial charge is 0.222 e. The van der Waals surface area contributed by atoms with Crippen molar-refractivity contribution in [2.45, 2.75) is 32.2 Å². The zero-order valence-corrected chi connectivity index (χ0v) is 11.4. The van der Waals surface area contributed by atoms with Crippen LogP contribution in [0.2, 0.25) is 0 Å². The summed E-state index contributed by atoms with van der Waals surface area (Å²) in [5.41, 5.74) is 6.14. The highest BCUT2D eigenvalue weighted by Gasteiger charge is 2.14. The molecular formula is C14H19FN4O. The van der Waals surface area contributed by atoms with Crippen LogP contribution in [0, 0.1) is 5.82 Å². The first kappa shape index (κ1) is 14.5. The first-order valence-electron chi connectivity index (χ1n) is 6.74. The van der Waals surface area contributed by atoms with Gasteiger partial charge in [0.15, 0.2) is 0 Å². The molecule has 1 aromatic carbocycles. The minimum atomic E-state index is -0.385. The Morgan fingerprint density at radius 3 is 2.85 bits per heavy atom. The normalized spacial score (nSPS) is 12.6. The number of nitrogens with two attached hydrogens (primary N) is 1. The monoisotopic (exact) mass is 278 g/mol. The van der Waals surface area contributed by atoms with Crippen LogP contribution in [0.5, 0.6) is 0 Å². The molecule has 0 spiro atoms. The van der Waals surface area contributed by atoms with Crippen LogP contribution < -0.4 is 11.1 Å². The van der Waals surface area contributed by atoms with Crippen LogP contribution in [0.1, 0.15) is 26.2 Å². The van der Waals surface area contributed by atoms with Crippen molar-refractivity contribution in [3.8, 4) is 0 Å². The van der Waals surface area contributed by atoms with E-state index in [9.17, 15) is 4.39 Å². The van der Waals surface area contributed by atoms with Crippen molar-refractivity contribution in [3.63, 3.8) is 0 Å². The number of benzene rings is 1. The van der Waals surface area contributed by atoms with Gasteiger partial charge in [0, 0.05) is 12.6 Å². The lowest BCUT2D eigenvalue weighted by Gasteiger charge is -2.19. The Bertz CT molecular complexity index is 585. The summed E-state index contributed by atoms with van der Waals surface area (Å²) in [6.07, 6.45) is 2.40. The molecule has 2 aromatic rings. The van der Waals surface area contributed by atoms with E-state index in [4.69, 9.17) is 10.8 Å². The molecule has 1 aromatic heterocycles. The van der Waals surface area contributed by atoms with Crippen molar-refractivity contribution in [1.29, 1.82) is 0 Å². The van der Waals surface area contributed by atoms with Crippen molar-refractivity contribution < 1.29 is 9.50 Å². The highest BCUT2D eigenvalue weighted by atomic mass is 19.1. The maximum Gasteiger partial charge on any atom is 0.222 e. The van der Waals surface area contributed by atoms with Crippen molar-refractivity contribution in [2.75, 3.05) is 17.7 Å². The lowest BCUT2D eigenvalue weighted by molar-refractivity contribution is 0.276. The highest BCUT2D eigenvalue weighted by Crippen LogP contribution is 2.25. The van der Waals surface area contributed by atoms with E-state index in [1.54, 1.807) is 12.1 Å². The van der Waals surface area contributed by atoms with E-state index in [1.807, 2.05) is 0 Å². The van der Waals surface area contributed by atoms with E-state index in [1.165, 1.54) is 6.07 Å². The van der Waals surface area contributed by atoms with Crippen molar-refractivity contribution in [1.82, 2.24) is 9.97 Å². The molecule has 0 amide bonds. The fourth-order valence-electron chi connectivity index (χ4n) is 2.25. The predicted octanol–water partition coefficient (Wildman–Crippen LogP) is 2.31. The van der Waals surface area contributed by atoms with Crippen LogP contribution in [-0.2, 0) is 0 Å². The second kappa shape index (κ2) is 6.47. The summed E-state index contributed by atoms with van der Waals surface area (Å²) in [5.74, 6) is 0.103. The fourth-order valence-corrected chi connectivity index (χ4v) is 2.25. The van der Waals surface area contributed by atoms with Gasteiger partial charge in [0.25, 0.3) is 0 Å². The average Bonchev–Trinajstić information content (AvgIpc) is 2.38. The number of nitrogen functional groups attached to an aromatic ring is 1. The van der Waals surface area contributed by atoms with Gasteiger partial charge in [0.1, 0.15) is 11.6 Å². The van der Waals surface area contributed by atoms with Gasteiger partial charge in [-0.2, -0.15) is 4.98 Å². The predicted molar refractivity (Wildman–Crippen MR) is 77.9 cm³/mol. The van der Waals surface area contributed by atoms with E-state index >= 15 is 0 Å². The molecule has 0 aliphatic carbocycles. The molecule has 2 rings (SSSR count). The van der Waals surface area contributed by atoms with Crippen molar-refractivity contribution in [2.24, 2.45) is 0 Å². The van der Waals surface area contributed by atoms with E-state index in [2.05, 4.69) is 22.2 Å². The van der Waals surface area contributed by atoms with Gasteiger partial charge in [-0.3, -0.25) is 0 Å². The molecule has 0 unspecified atom stereocenters. The summed E-state index contributed by atoms with van der Waals surface area (Å²) in [5, 5.41) is 12.6. The standard InChI is InChI=1S/C14H19FN4O/c1-2-4-9(7-8-20)17-13-12-10(15)5-3-6-11(12)18-14(16)19-13/h3,5-6,9,20H,2,4,7-8H2,1H3,(H3,16,17,18,19)/t9-/m0/s1. The average molecular weight is 278 g/mol. The molecule has 5 nitrogen and oxygen atoms in total. The third kappa shape index (κ3) is 3.14. The Morgan fingerprint density at radius 1 is 1.35 bits per heavy atom. The van der Waals surface area contributed by atoms with Gasteiger partial charge in [0.05, 0.1) is 10.9 Å². The number of fused-ring (bicyclic) bond motifs is 1. The van der Waals surface area contributed by atoms with Gasteiger partial charge in [-0.1, -0.05) is 19.4 Å². The number of aliphatic hydroxyl groups is 1. The Kier molecular flexibility index (Phi) is 4.68. The van der Waals surface area contributed by atoms with Crippen LogP contribution in [0.25, 0.3) is 10.9 Å². The lowest BCUT2D eigenvalue weighted by Crippen LogP contribution is -2.22. The fraction of sp³-hybridized carbons (Fsp3) is 0.429. The Labute approximate surface area is 117 Å². The van der Waals surface area contributed by atoms with Crippen LogP contribution in [-0.4, -0.2) is 27.7 Å². The largest absolute Gasteiger partial charge is 0.396 e. The van der Waals surface area contributed by atoms with Crippen LogP contribution in [0.4, 0.5) is 16.2 Å². The maximum absolute atomic E-state index is 14.0. The van der Waals surface area contributed by atoms with E-state index < -0.39 is 0 Å². The molecule has 0 radical (unpaired) electrons. The van der Waals surface area contributed by atoms with E-state index in [0.29, 0.717) is 23.1 Å². The minimum absolute atomic E-state index is 0.0297. The second-order valence-electron chi connectivity index (χ2n) is 4.71. The second-order valence-corrected chi connectivity index (χ2v) is 4.71.